The van der Waals surface area contributed by atoms with Gasteiger partial charge in [-0.3, -0.25) is 4.79 Å². The Balaban J connectivity index is 1.53. The molecule has 0 atom stereocenters. The van der Waals surface area contributed by atoms with E-state index in [1.54, 1.807) is 6.92 Å². The minimum absolute atomic E-state index is 0.00988. The second-order valence-electron chi connectivity index (χ2n) is 6.59. The van der Waals surface area contributed by atoms with E-state index in [0.717, 1.165) is 18.8 Å². The number of carbonyl (C=O) groups is 1. The molecule has 2 heterocycles. The molecular formula is C18H24N4O4S. The zero-order valence-corrected chi connectivity index (χ0v) is 16.3. The van der Waals surface area contributed by atoms with Gasteiger partial charge in [0.1, 0.15) is 10.6 Å². The molecule has 1 aromatic heterocycles. The number of amides is 1. The number of sulfonamides is 1. The zero-order chi connectivity index (χ0) is 19.4. The van der Waals surface area contributed by atoms with Crippen molar-refractivity contribution in [2.45, 2.75) is 38.0 Å². The number of hydrogen-bond donors (Lipinski definition) is 2. The maximum Gasteiger partial charge on any atom is 0.245 e. The van der Waals surface area contributed by atoms with Gasteiger partial charge < -0.3 is 14.7 Å². The van der Waals surface area contributed by atoms with Crippen molar-refractivity contribution in [1.82, 2.24) is 9.88 Å². The number of anilines is 2. The highest BCUT2D eigenvalue weighted by molar-refractivity contribution is 7.89. The Labute approximate surface area is 159 Å². The Morgan fingerprint density at radius 3 is 2.67 bits per heavy atom. The molecule has 8 nitrogen and oxygen atoms in total. The summed E-state index contributed by atoms with van der Waals surface area (Å²) in [5, 5.41) is 6.46. The summed E-state index contributed by atoms with van der Waals surface area (Å²) < 4.78 is 31.9. The molecule has 1 fully saturated rings. The fourth-order valence-corrected chi connectivity index (χ4v) is 4.57. The third-order valence-electron chi connectivity index (χ3n) is 4.48. The average molecular weight is 392 g/mol. The van der Waals surface area contributed by atoms with Crippen LogP contribution < -0.4 is 14.9 Å². The fraction of sp³-hybridized carbons (Fsp3) is 0.444. The predicted molar refractivity (Wildman–Crippen MR) is 102 cm³/mol. The molecule has 9 heteroatoms. The normalized spacial score (nSPS) is 14.5. The maximum absolute atomic E-state index is 12.3. The van der Waals surface area contributed by atoms with E-state index in [1.807, 2.05) is 24.3 Å². The minimum Gasteiger partial charge on any atom is -0.371 e. The third kappa shape index (κ3) is 4.67. The van der Waals surface area contributed by atoms with Gasteiger partial charge in [0.25, 0.3) is 0 Å². The molecule has 0 saturated carbocycles. The first-order valence-electron chi connectivity index (χ1n) is 8.94. The lowest BCUT2D eigenvalue weighted by atomic mass is 10.2. The summed E-state index contributed by atoms with van der Waals surface area (Å²) in [4.78, 5) is 14.5. The standard InChI is InChI=1S/C18H24N4O4S/c1-13-18(14(2)26-21-13)27(24,25)19-9-8-17(23)20-15-6-5-7-16(12-15)22-10-3-4-11-22/h5-7,12,19H,3-4,8-11H2,1-2H3,(H,20,23). The van der Waals surface area contributed by atoms with E-state index in [1.165, 1.54) is 19.8 Å². The van der Waals surface area contributed by atoms with Crippen molar-refractivity contribution in [3.05, 3.63) is 35.7 Å². The summed E-state index contributed by atoms with van der Waals surface area (Å²) >= 11 is 0. The second-order valence-corrected chi connectivity index (χ2v) is 8.30. The smallest absolute Gasteiger partial charge is 0.245 e. The summed E-state index contributed by atoms with van der Waals surface area (Å²) in [5.74, 6) is -0.0294. The van der Waals surface area contributed by atoms with E-state index in [0.29, 0.717) is 11.4 Å². The van der Waals surface area contributed by atoms with Crippen LogP contribution in [0.1, 0.15) is 30.7 Å². The van der Waals surface area contributed by atoms with Crippen LogP contribution in [0.5, 0.6) is 0 Å². The number of nitrogens with one attached hydrogen (secondary N) is 2. The van der Waals surface area contributed by atoms with Gasteiger partial charge in [-0.2, -0.15) is 0 Å². The molecule has 146 valence electrons. The molecule has 0 aliphatic carbocycles. The molecule has 1 amide bonds. The summed E-state index contributed by atoms with van der Waals surface area (Å²) in [6.45, 7) is 5.14. The molecule has 0 radical (unpaired) electrons. The van der Waals surface area contributed by atoms with Crippen molar-refractivity contribution >= 4 is 27.3 Å². The number of benzene rings is 1. The molecule has 0 spiro atoms. The first kappa shape index (κ1) is 19.4. The van der Waals surface area contributed by atoms with Crippen molar-refractivity contribution in [3.8, 4) is 0 Å². The molecule has 1 aromatic carbocycles. The van der Waals surface area contributed by atoms with Gasteiger partial charge in [-0.1, -0.05) is 11.2 Å². The Kier molecular flexibility index (Phi) is 5.81. The number of carbonyl (C=O) groups excluding carboxylic acids is 1. The van der Waals surface area contributed by atoms with Crippen LogP contribution in [-0.2, 0) is 14.8 Å². The van der Waals surface area contributed by atoms with Gasteiger partial charge >= 0.3 is 0 Å². The molecule has 1 saturated heterocycles. The summed E-state index contributed by atoms with van der Waals surface area (Å²) in [6.07, 6.45) is 2.39. The van der Waals surface area contributed by atoms with E-state index in [-0.39, 0.29) is 29.5 Å². The number of hydrogen-bond acceptors (Lipinski definition) is 6. The monoisotopic (exact) mass is 392 g/mol. The van der Waals surface area contributed by atoms with Crippen LogP contribution in [0.2, 0.25) is 0 Å². The van der Waals surface area contributed by atoms with Gasteiger partial charge in [-0.25, -0.2) is 13.1 Å². The highest BCUT2D eigenvalue weighted by Gasteiger charge is 2.23. The lowest BCUT2D eigenvalue weighted by Crippen LogP contribution is -2.28. The molecule has 0 bridgehead atoms. The van der Waals surface area contributed by atoms with E-state index in [2.05, 4.69) is 20.1 Å². The van der Waals surface area contributed by atoms with Crippen LogP contribution >= 0.6 is 0 Å². The highest BCUT2D eigenvalue weighted by Crippen LogP contribution is 2.23. The van der Waals surface area contributed by atoms with Crippen LogP contribution in [0, 0.1) is 13.8 Å². The molecular weight excluding hydrogens is 368 g/mol. The second kappa shape index (κ2) is 8.10. The molecule has 1 aliphatic heterocycles. The Morgan fingerprint density at radius 2 is 2.00 bits per heavy atom. The van der Waals surface area contributed by atoms with Crippen LogP contribution in [0.4, 0.5) is 11.4 Å². The van der Waals surface area contributed by atoms with Crippen molar-refractivity contribution in [1.29, 1.82) is 0 Å². The Morgan fingerprint density at radius 1 is 1.26 bits per heavy atom. The minimum atomic E-state index is -3.76. The van der Waals surface area contributed by atoms with Crippen molar-refractivity contribution in [2.24, 2.45) is 0 Å². The van der Waals surface area contributed by atoms with Gasteiger partial charge in [0.15, 0.2) is 5.76 Å². The number of nitrogens with zero attached hydrogens (tertiary/aromatic N) is 2. The van der Waals surface area contributed by atoms with E-state index >= 15 is 0 Å². The van der Waals surface area contributed by atoms with Crippen molar-refractivity contribution in [2.75, 3.05) is 29.9 Å². The van der Waals surface area contributed by atoms with Crippen LogP contribution in [0.15, 0.2) is 33.7 Å². The zero-order valence-electron chi connectivity index (χ0n) is 15.5. The first-order valence-corrected chi connectivity index (χ1v) is 10.4. The van der Waals surface area contributed by atoms with Crippen molar-refractivity contribution < 1.29 is 17.7 Å². The topological polar surface area (TPSA) is 105 Å². The molecule has 27 heavy (non-hydrogen) atoms. The van der Waals surface area contributed by atoms with Gasteiger partial charge in [-0.05, 0) is 44.9 Å². The van der Waals surface area contributed by atoms with Crippen LogP contribution in [-0.4, -0.2) is 39.1 Å². The molecule has 2 aromatic rings. The lowest BCUT2D eigenvalue weighted by molar-refractivity contribution is -0.116. The van der Waals surface area contributed by atoms with Crippen molar-refractivity contribution in [3.63, 3.8) is 0 Å². The molecule has 2 N–H and O–H groups in total. The summed E-state index contributed by atoms with van der Waals surface area (Å²) in [6, 6.07) is 7.70. The van der Waals surface area contributed by atoms with Gasteiger partial charge in [-0.15, -0.1) is 0 Å². The Bertz CT molecular complexity index is 898. The maximum atomic E-state index is 12.3. The average Bonchev–Trinajstić information content (AvgIpc) is 3.25. The third-order valence-corrected chi connectivity index (χ3v) is 6.19. The summed E-state index contributed by atoms with van der Waals surface area (Å²) in [5.41, 5.74) is 2.09. The highest BCUT2D eigenvalue weighted by atomic mass is 32.2. The van der Waals surface area contributed by atoms with Crippen LogP contribution in [0.3, 0.4) is 0 Å². The molecule has 0 unspecified atom stereocenters. The number of aromatic nitrogens is 1. The predicted octanol–water partition coefficient (Wildman–Crippen LogP) is 2.20. The van der Waals surface area contributed by atoms with E-state index < -0.39 is 10.0 Å². The largest absolute Gasteiger partial charge is 0.371 e. The lowest BCUT2D eigenvalue weighted by Gasteiger charge is -2.18. The van der Waals surface area contributed by atoms with E-state index in [9.17, 15) is 13.2 Å². The molecule has 3 rings (SSSR count). The van der Waals surface area contributed by atoms with Gasteiger partial charge in [0.2, 0.25) is 15.9 Å². The first-order chi connectivity index (χ1) is 12.9. The summed E-state index contributed by atoms with van der Waals surface area (Å²) in [7, 11) is -3.76. The Hall–Kier alpha value is -2.39. The quantitative estimate of drug-likeness (QED) is 0.748. The van der Waals surface area contributed by atoms with Gasteiger partial charge in [0.05, 0.1) is 0 Å². The fourth-order valence-electron chi connectivity index (χ4n) is 3.21. The van der Waals surface area contributed by atoms with Gasteiger partial charge in [0, 0.05) is 37.4 Å². The SMILES string of the molecule is Cc1noc(C)c1S(=O)(=O)NCCC(=O)Nc1cccc(N2CCCC2)c1. The van der Waals surface area contributed by atoms with Crippen LogP contribution in [0.25, 0.3) is 0 Å². The number of rotatable bonds is 7. The number of aryl methyl sites for hydroxylation is 2. The molecule has 1 aliphatic rings. The van der Waals surface area contributed by atoms with E-state index in [4.69, 9.17) is 4.52 Å².